The summed E-state index contributed by atoms with van der Waals surface area (Å²) >= 11 is 0. The van der Waals surface area contributed by atoms with Gasteiger partial charge in [-0.05, 0) is 44.4 Å². The monoisotopic (exact) mass is 293 g/mol. The van der Waals surface area contributed by atoms with Crippen molar-refractivity contribution >= 4 is 0 Å². The molecule has 0 aromatic heterocycles. The molecule has 3 atom stereocenters. The molecule has 0 aliphatic carbocycles. The highest BCUT2D eigenvalue weighted by Crippen LogP contribution is 2.30. The second-order valence-corrected chi connectivity index (χ2v) is 6.23. The molecule has 21 heavy (non-hydrogen) atoms. The summed E-state index contributed by atoms with van der Waals surface area (Å²) in [4.78, 5) is 0. The van der Waals surface area contributed by atoms with Crippen molar-refractivity contribution in [3.8, 4) is 5.75 Å². The van der Waals surface area contributed by atoms with E-state index in [1.165, 1.54) is 5.56 Å². The third-order valence-corrected chi connectivity index (χ3v) is 4.08. The molecule has 1 aromatic carbocycles. The molecular formula is C18H31NO2. The highest BCUT2D eigenvalue weighted by Gasteiger charge is 2.26. The van der Waals surface area contributed by atoms with Crippen LogP contribution in [0.3, 0.4) is 0 Å². The predicted molar refractivity (Wildman–Crippen MR) is 89.0 cm³/mol. The zero-order valence-electron chi connectivity index (χ0n) is 14.1. The number of aliphatic hydroxyl groups excluding tert-OH is 1. The second-order valence-electron chi connectivity index (χ2n) is 6.23. The minimum atomic E-state index is -0.292. The Balaban J connectivity index is 2.77. The van der Waals surface area contributed by atoms with E-state index in [9.17, 15) is 5.11 Å². The lowest BCUT2D eigenvalue weighted by molar-refractivity contribution is 0.110. The molecule has 0 amide bonds. The summed E-state index contributed by atoms with van der Waals surface area (Å²) < 4.78 is 6.16. The van der Waals surface area contributed by atoms with Gasteiger partial charge in [0.2, 0.25) is 0 Å². The van der Waals surface area contributed by atoms with Gasteiger partial charge in [0, 0.05) is 12.0 Å². The topological polar surface area (TPSA) is 41.5 Å². The van der Waals surface area contributed by atoms with Crippen molar-refractivity contribution < 1.29 is 9.84 Å². The van der Waals surface area contributed by atoms with Gasteiger partial charge in [-0.25, -0.2) is 0 Å². The van der Waals surface area contributed by atoms with Crippen LogP contribution in [-0.2, 0) is 0 Å². The molecule has 3 unspecified atom stereocenters. The summed E-state index contributed by atoms with van der Waals surface area (Å²) in [6.07, 6.45) is 1.92. The van der Waals surface area contributed by atoms with E-state index in [2.05, 4.69) is 45.1 Å². The first kappa shape index (κ1) is 18.0. The molecule has 0 aliphatic heterocycles. The minimum absolute atomic E-state index is 0.0476. The fraction of sp³-hybridized carbons (Fsp3) is 0.667. The van der Waals surface area contributed by atoms with Crippen LogP contribution >= 0.6 is 0 Å². The summed E-state index contributed by atoms with van der Waals surface area (Å²) in [6, 6.07) is 8.27. The Morgan fingerprint density at radius 3 is 2.48 bits per heavy atom. The molecule has 0 aliphatic rings. The second kappa shape index (κ2) is 8.40. The van der Waals surface area contributed by atoms with Crippen LogP contribution in [-0.4, -0.2) is 29.9 Å². The van der Waals surface area contributed by atoms with E-state index >= 15 is 0 Å². The van der Waals surface area contributed by atoms with Crippen molar-refractivity contribution in [1.82, 2.24) is 5.32 Å². The Kier molecular flexibility index (Phi) is 7.20. The third-order valence-electron chi connectivity index (χ3n) is 4.08. The van der Waals surface area contributed by atoms with Gasteiger partial charge in [0.1, 0.15) is 5.75 Å². The first-order valence-corrected chi connectivity index (χ1v) is 8.07. The van der Waals surface area contributed by atoms with Gasteiger partial charge >= 0.3 is 0 Å². The van der Waals surface area contributed by atoms with Gasteiger partial charge in [0.15, 0.2) is 0 Å². The van der Waals surface area contributed by atoms with Crippen LogP contribution in [0.25, 0.3) is 0 Å². The summed E-state index contributed by atoms with van der Waals surface area (Å²) in [5.41, 5.74) is 0.973. The largest absolute Gasteiger partial charge is 0.490 e. The van der Waals surface area contributed by atoms with Gasteiger partial charge in [0.05, 0.1) is 12.7 Å². The van der Waals surface area contributed by atoms with Crippen LogP contribution in [0, 0.1) is 0 Å². The van der Waals surface area contributed by atoms with Gasteiger partial charge in [-0.15, -0.1) is 0 Å². The van der Waals surface area contributed by atoms with E-state index in [0.717, 1.165) is 25.1 Å². The summed E-state index contributed by atoms with van der Waals surface area (Å²) in [6.45, 7) is 11.5. The number of likely N-dealkylation sites (N-methyl/N-ethyl adjacent to an activating group) is 1. The average Bonchev–Trinajstić information content (AvgIpc) is 2.47. The Bertz CT molecular complexity index is 421. The standard InChI is InChI=1S/C18H31NO2/c1-6-14(3)16-10-8-9-11-17(16)21-15(4)12-18(5,13-20)19-7-2/h8-11,14-15,19-20H,6-7,12-13H2,1-5H3. The van der Waals surface area contributed by atoms with Gasteiger partial charge in [-0.3, -0.25) is 0 Å². The van der Waals surface area contributed by atoms with Crippen LogP contribution in [0.15, 0.2) is 24.3 Å². The highest BCUT2D eigenvalue weighted by atomic mass is 16.5. The third kappa shape index (κ3) is 5.33. The molecule has 2 N–H and O–H groups in total. The molecule has 0 spiro atoms. The normalized spacial score (nSPS) is 17.0. The van der Waals surface area contributed by atoms with Crippen molar-refractivity contribution in [2.45, 2.75) is 65.0 Å². The summed E-state index contributed by atoms with van der Waals surface area (Å²) in [5, 5.41) is 12.9. The van der Waals surface area contributed by atoms with E-state index in [1.807, 2.05) is 19.1 Å². The first-order chi connectivity index (χ1) is 9.95. The molecule has 0 fully saturated rings. The van der Waals surface area contributed by atoms with Crippen LogP contribution in [0.5, 0.6) is 5.75 Å². The molecule has 0 heterocycles. The number of hydrogen-bond donors (Lipinski definition) is 2. The van der Waals surface area contributed by atoms with Gasteiger partial charge in [0.25, 0.3) is 0 Å². The number of ether oxygens (including phenoxy) is 1. The van der Waals surface area contributed by atoms with Crippen LogP contribution in [0.1, 0.15) is 58.9 Å². The van der Waals surface area contributed by atoms with Crippen molar-refractivity contribution in [1.29, 1.82) is 0 Å². The molecule has 3 heteroatoms. The molecule has 0 bridgehead atoms. The predicted octanol–water partition coefficient (Wildman–Crippen LogP) is 3.72. The van der Waals surface area contributed by atoms with Crippen LogP contribution in [0.2, 0.25) is 0 Å². The molecule has 0 saturated carbocycles. The zero-order valence-corrected chi connectivity index (χ0v) is 14.1. The lowest BCUT2D eigenvalue weighted by Crippen LogP contribution is -2.48. The van der Waals surface area contributed by atoms with Gasteiger partial charge in [-0.2, -0.15) is 0 Å². The lowest BCUT2D eigenvalue weighted by Gasteiger charge is -2.32. The molecule has 120 valence electrons. The van der Waals surface area contributed by atoms with Crippen molar-refractivity contribution in [3.05, 3.63) is 29.8 Å². The van der Waals surface area contributed by atoms with E-state index in [-0.39, 0.29) is 18.2 Å². The fourth-order valence-electron chi connectivity index (χ4n) is 2.73. The van der Waals surface area contributed by atoms with Gasteiger partial charge < -0.3 is 15.2 Å². The fourth-order valence-corrected chi connectivity index (χ4v) is 2.73. The summed E-state index contributed by atoms with van der Waals surface area (Å²) in [5.74, 6) is 1.46. The minimum Gasteiger partial charge on any atom is -0.490 e. The van der Waals surface area contributed by atoms with Crippen LogP contribution in [0.4, 0.5) is 0 Å². The van der Waals surface area contributed by atoms with Crippen LogP contribution < -0.4 is 10.1 Å². The molecule has 0 saturated heterocycles. The number of rotatable bonds is 9. The maximum absolute atomic E-state index is 9.59. The Morgan fingerprint density at radius 2 is 1.90 bits per heavy atom. The lowest BCUT2D eigenvalue weighted by atomic mass is 9.95. The van der Waals surface area contributed by atoms with Gasteiger partial charge in [-0.1, -0.05) is 39.0 Å². The Hall–Kier alpha value is -1.06. The maximum Gasteiger partial charge on any atom is 0.123 e. The average molecular weight is 293 g/mol. The first-order valence-electron chi connectivity index (χ1n) is 8.07. The molecular weight excluding hydrogens is 262 g/mol. The van der Waals surface area contributed by atoms with E-state index in [1.54, 1.807) is 0 Å². The molecule has 1 rings (SSSR count). The van der Waals surface area contributed by atoms with E-state index in [4.69, 9.17) is 4.74 Å². The zero-order chi connectivity index (χ0) is 15.9. The molecule has 3 nitrogen and oxygen atoms in total. The number of benzene rings is 1. The maximum atomic E-state index is 9.59. The number of nitrogens with one attached hydrogen (secondary N) is 1. The Morgan fingerprint density at radius 1 is 1.24 bits per heavy atom. The smallest absolute Gasteiger partial charge is 0.123 e. The van der Waals surface area contributed by atoms with E-state index in [0.29, 0.717) is 5.92 Å². The van der Waals surface area contributed by atoms with Crippen molar-refractivity contribution in [3.63, 3.8) is 0 Å². The highest BCUT2D eigenvalue weighted by molar-refractivity contribution is 5.36. The number of hydrogen-bond acceptors (Lipinski definition) is 3. The number of para-hydroxylation sites is 1. The molecule has 1 aromatic rings. The number of aliphatic hydroxyl groups is 1. The Labute approximate surface area is 129 Å². The molecule has 0 radical (unpaired) electrons. The summed E-state index contributed by atoms with van der Waals surface area (Å²) in [7, 11) is 0. The quantitative estimate of drug-likeness (QED) is 0.729. The van der Waals surface area contributed by atoms with Crippen molar-refractivity contribution in [2.24, 2.45) is 0 Å². The SMILES string of the molecule is CCNC(C)(CO)CC(C)Oc1ccccc1C(C)CC. The van der Waals surface area contributed by atoms with Crippen molar-refractivity contribution in [2.75, 3.05) is 13.2 Å². The van der Waals surface area contributed by atoms with E-state index < -0.39 is 0 Å².